The van der Waals surface area contributed by atoms with Gasteiger partial charge in [0.15, 0.2) is 11.5 Å². The van der Waals surface area contributed by atoms with Gasteiger partial charge in [0.25, 0.3) is 5.91 Å². The number of amides is 1. The second-order valence-corrected chi connectivity index (χ2v) is 6.49. The van der Waals surface area contributed by atoms with Crippen LogP contribution in [-0.2, 0) is 0 Å². The van der Waals surface area contributed by atoms with E-state index in [4.69, 9.17) is 11.6 Å². The maximum atomic E-state index is 12.5. The van der Waals surface area contributed by atoms with E-state index in [1.165, 1.54) is 18.2 Å². The van der Waals surface area contributed by atoms with Crippen molar-refractivity contribution in [1.29, 1.82) is 0 Å². The van der Waals surface area contributed by atoms with E-state index in [0.29, 0.717) is 10.6 Å². The lowest BCUT2D eigenvalue weighted by atomic mass is 10.00. The number of nitrogens with one attached hydrogen (secondary N) is 1. The molecule has 126 valence electrons. The van der Waals surface area contributed by atoms with E-state index in [1.54, 1.807) is 0 Å². The van der Waals surface area contributed by atoms with Gasteiger partial charge in [-0.3, -0.25) is 9.69 Å². The van der Waals surface area contributed by atoms with Gasteiger partial charge in [-0.15, -0.1) is 0 Å². The topological polar surface area (TPSA) is 72.8 Å². The summed E-state index contributed by atoms with van der Waals surface area (Å²) in [5.74, 6) is -0.823. The fourth-order valence-corrected chi connectivity index (χ4v) is 3.29. The first kappa shape index (κ1) is 16.6. The van der Waals surface area contributed by atoms with Crippen LogP contribution in [0.2, 0.25) is 5.02 Å². The van der Waals surface area contributed by atoms with Crippen molar-refractivity contribution in [2.75, 3.05) is 13.6 Å². The minimum Gasteiger partial charge on any atom is -0.504 e. The largest absolute Gasteiger partial charge is 0.504 e. The van der Waals surface area contributed by atoms with Gasteiger partial charge in [0.1, 0.15) is 0 Å². The quantitative estimate of drug-likeness (QED) is 0.747. The number of likely N-dealkylation sites (N-methyl/N-ethyl adjacent to an activating group) is 1. The molecule has 1 saturated heterocycles. The lowest BCUT2D eigenvalue weighted by Gasteiger charge is -2.26. The van der Waals surface area contributed by atoms with E-state index in [9.17, 15) is 15.0 Å². The van der Waals surface area contributed by atoms with Crippen LogP contribution < -0.4 is 5.32 Å². The van der Waals surface area contributed by atoms with Crippen LogP contribution in [0.5, 0.6) is 11.5 Å². The van der Waals surface area contributed by atoms with E-state index in [2.05, 4.69) is 10.2 Å². The third-order valence-corrected chi connectivity index (χ3v) is 4.67. The smallest absolute Gasteiger partial charge is 0.251 e. The Labute approximate surface area is 145 Å². The first-order valence-electron chi connectivity index (χ1n) is 7.74. The fraction of sp³-hybridized carbons (Fsp3) is 0.278. The van der Waals surface area contributed by atoms with Gasteiger partial charge in [-0.25, -0.2) is 0 Å². The molecule has 2 aromatic carbocycles. The van der Waals surface area contributed by atoms with Crippen LogP contribution in [-0.4, -0.2) is 40.7 Å². The minimum absolute atomic E-state index is 0.0420. The number of phenols is 2. The summed E-state index contributed by atoms with van der Waals surface area (Å²) in [5.41, 5.74) is 1.41. The molecule has 1 aliphatic heterocycles. The third kappa shape index (κ3) is 3.32. The summed E-state index contributed by atoms with van der Waals surface area (Å²) in [4.78, 5) is 14.7. The number of carbonyl (C=O) groups excluding carboxylic acids is 1. The Morgan fingerprint density at radius 3 is 2.54 bits per heavy atom. The summed E-state index contributed by atoms with van der Waals surface area (Å²) >= 11 is 5.96. The SMILES string of the molecule is CN1CC[C@@H](NC(=O)c2ccc(O)c(O)c2)[C@H]1c1ccc(Cl)cc1. The van der Waals surface area contributed by atoms with E-state index >= 15 is 0 Å². The van der Waals surface area contributed by atoms with E-state index < -0.39 is 0 Å². The van der Waals surface area contributed by atoms with Gasteiger partial charge in [-0.2, -0.15) is 0 Å². The lowest BCUT2D eigenvalue weighted by molar-refractivity contribution is 0.0927. The van der Waals surface area contributed by atoms with Gasteiger partial charge in [0.2, 0.25) is 0 Å². The Morgan fingerprint density at radius 2 is 1.88 bits per heavy atom. The standard InChI is InChI=1S/C18H19ClN2O3/c1-21-9-8-14(17(21)11-2-5-13(19)6-3-11)20-18(24)12-4-7-15(22)16(23)10-12/h2-7,10,14,17,22-23H,8-9H2,1H3,(H,20,24)/t14-,17-/m1/s1. The molecule has 5 nitrogen and oxygen atoms in total. The summed E-state index contributed by atoms with van der Waals surface area (Å²) in [7, 11) is 2.03. The van der Waals surface area contributed by atoms with Crippen LogP contribution in [0.15, 0.2) is 42.5 Å². The first-order chi connectivity index (χ1) is 11.5. The van der Waals surface area contributed by atoms with Gasteiger partial charge < -0.3 is 15.5 Å². The number of phenolic OH excluding ortho intramolecular Hbond substituents is 2. The van der Waals surface area contributed by atoms with Gasteiger partial charge in [-0.1, -0.05) is 23.7 Å². The van der Waals surface area contributed by atoms with Crippen molar-refractivity contribution < 1.29 is 15.0 Å². The second kappa shape index (κ2) is 6.71. The van der Waals surface area contributed by atoms with Crippen LogP contribution in [0.3, 0.4) is 0 Å². The minimum atomic E-state index is -0.305. The number of hydrogen-bond acceptors (Lipinski definition) is 4. The molecule has 24 heavy (non-hydrogen) atoms. The zero-order valence-corrected chi connectivity index (χ0v) is 14.0. The van der Waals surface area contributed by atoms with Crippen molar-refractivity contribution in [3.63, 3.8) is 0 Å². The fourth-order valence-electron chi connectivity index (χ4n) is 3.16. The monoisotopic (exact) mass is 346 g/mol. The number of rotatable bonds is 3. The molecule has 3 N–H and O–H groups in total. The molecular formula is C18H19ClN2O3. The number of halogens is 1. The molecule has 1 aliphatic rings. The van der Waals surface area contributed by atoms with Gasteiger partial charge in [-0.05, 0) is 49.4 Å². The Morgan fingerprint density at radius 1 is 1.17 bits per heavy atom. The highest BCUT2D eigenvalue weighted by molar-refractivity contribution is 6.30. The van der Waals surface area contributed by atoms with E-state index in [1.807, 2.05) is 31.3 Å². The maximum Gasteiger partial charge on any atom is 0.251 e. The molecule has 0 radical (unpaired) electrons. The molecule has 2 atom stereocenters. The van der Waals surface area contributed by atoms with Crippen molar-refractivity contribution in [2.45, 2.75) is 18.5 Å². The molecule has 0 unspecified atom stereocenters. The number of aromatic hydroxyl groups is 2. The number of likely N-dealkylation sites (tertiary alicyclic amines) is 1. The summed E-state index contributed by atoms with van der Waals surface area (Å²) in [5, 5.41) is 22.6. The highest BCUT2D eigenvalue weighted by Gasteiger charge is 2.34. The number of benzene rings is 2. The molecule has 1 amide bonds. The van der Waals surface area contributed by atoms with Crippen molar-refractivity contribution in [1.82, 2.24) is 10.2 Å². The van der Waals surface area contributed by atoms with Crippen LogP contribution in [0.1, 0.15) is 28.4 Å². The molecule has 1 fully saturated rings. The summed E-state index contributed by atoms with van der Waals surface area (Å²) in [6.45, 7) is 0.874. The van der Waals surface area contributed by atoms with Gasteiger partial charge >= 0.3 is 0 Å². The summed E-state index contributed by atoms with van der Waals surface area (Å²) in [6.07, 6.45) is 0.833. The molecule has 0 saturated carbocycles. The predicted molar refractivity (Wildman–Crippen MR) is 92.5 cm³/mol. The molecule has 3 rings (SSSR count). The van der Waals surface area contributed by atoms with Crippen LogP contribution >= 0.6 is 11.6 Å². The molecule has 2 aromatic rings. The Balaban J connectivity index is 1.78. The number of nitrogens with zero attached hydrogens (tertiary/aromatic N) is 1. The second-order valence-electron chi connectivity index (χ2n) is 6.05. The highest BCUT2D eigenvalue weighted by Crippen LogP contribution is 2.32. The molecule has 6 heteroatoms. The zero-order chi connectivity index (χ0) is 17.3. The van der Waals surface area contributed by atoms with Crippen LogP contribution in [0, 0.1) is 0 Å². The Kier molecular flexibility index (Phi) is 4.64. The highest BCUT2D eigenvalue weighted by atomic mass is 35.5. The molecular weight excluding hydrogens is 328 g/mol. The van der Waals surface area contributed by atoms with Gasteiger partial charge in [0, 0.05) is 17.1 Å². The molecule has 0 aliphatic carbocycles. The van der Waals surface area contributed by atoms with E-state index in [-0.39, 0.29) is 29.5 Å². The summed E-state index contributed by atoms with van der Waals surface area (Å²) in [6, 6.07) is 11.7. The first-order valence-corrected chi connectivity index (χ1v) is 8.12. The third-order valence-electron chi connectivity index (χ3n) is 4.41. The average Bonchev–Trinajstić information content (AvgIpc) is 2.91. The Bertz CT molecular complexity index is 748. The maximum absolute atomic E-state index is 12.5. The van der Waals surface area contributed by atoms with E-state index in [0.717, 1.165) is 18.5 Å². The Hall–Kier alpha value is -2.24. The summed E-state index contributed by atoms with van der Waals surface area (Å²) < 4.78 is 0. The lowest BCUT2D eigenvalue weighted by Crippen LogP contribution is -2.38. The van der Waals surface area contributed by atoms with Crippen LogP contribution in [0.4, 0.5) is 0 Å². The van der Waals surface area contributed by atoms with Crippen LogP contribution in [0.25, 0.3) is 0 Å². The predicted octanol–water partition coefficient (Wildman–Crippen LogP) is 2.93. The molecule has 0 bridgehead atoms. The number of carbonyl (C=O) groups is 1. The van der Waals surface area contributed by atoms with Crippen molar-refractivity contribution in [3.05, 3.63) is 58.6 Å². The zero-order valence-electron chi connectivity index (χ0n) is 13.2. The molecule has 0 spiro atoms. The normalized spacial score (nSPS) is 20.9. The van der Waals surface area contributed by atoms with Crippen molar-refractivity contribution >= 4 is 17.5 Å². The molecule has 0 aromatic heterocycles. The van der Waals surface area contributed by atoms with Crippen molar-refractivity contribution in [3.8, 4) is 11.5 Å². The number of hydrogen-bond donors (Lipinski definition) is 3. The van der Waals surface area contributed by atoms with Gasteiger partial charge in [0.05, 0.1) is 12.1 Å². The average molecular weight is 347 g/mol. The molecule has 1 heterocycles. The van der Waals surface area contributed by atoms with Crippen molar-refractivity contribution in [2.24, 2.45) is 0 Å².